The molecule has 6 nitrogen and oxygen atoms in total. The number of morpholine rings is 1. The van der Waals surface area contributed by atoms with Crippen molar-refractivity contribution in [1.82, 2.24) is 4.31 Å². The minimum atomic E-state index is -3.65. The number of nitrogens with zero attached hydrogens (tertiary/aromatic N) is 1. The van der Waals surface area contributed by atoms with E-state index in [1.165, 1.54) is 23.5 Å². The van der Waals surface area contributed by atoms with Crippen LogP contribution in [0.2, 0.25) is 0 Å². The van der Waals surface area contributed by atoms with Crippen molar-refractivity contribution in [3.63, 3.8) is 0 Å². The number of aliphatic hydroxyl groups is 1. The molecule has 1 aromatic carbocycles. The minimum Gasteiger partial charge on any atom is -0.497 e. The van der Waals surface area contributed by atoms with Gasteiger partial charge in [0, 0.05) is 19.2 Å². The quantitative estimate of drug-likeness (QED) is 0.892. The molecule has 1 aliphatic heterocycles. The molecule has 118 valence electrons. The van der Waals surface area contributed by atoms with E-state index in [0.717, 1.165) is 0 Å². The summed E-state index contributed by atoms with van der Waals surface area (Å²) in [5, 5.41) is 9.29. The van der Waals surface area contributed by atoms with E-state index >= 15 is 0 Å². The Morgan fingerprint density at radius 3 is 2.81 bits per heavy atom. The molecule has 1 aromatic rings. The number of rotatable bonds is 4. The Kier molecular flexibility index (Phi) is 4.57. The van der Waals surface area contributed by atoms with Gasteiger partial charge in [-0.2, -0.15) is 4.31 Å². The van der Waals surface area contributed by atoms with Gasteiger partial charge in [-0.05, 0) is 26.0 Å². The van der Waals surface area contributed by atoms with Crippen molar-refractivity contribution in [2.45, 2.75) is 30.4 Å². The summed E-state index contributed by atoms with van der Waals surface area (Å²) in [7, 11) is -2.16. The summed E-state index contributed by atoms with van der Waals surface area (Å²) < 4.78 is 37.6. The van der Waals surface area contributed by atoms with Gasteiger partial charge in [-0.3, -0.25) is 0 Å². The summed E-state index contributed by atoms with van der Waals surface area (Å²) in [5.74, 6) is 0.488. The van der Waals surface area contributed by atoms with Gasteiger partial charge in [0.1, 0.15) is 5.75 Å². The number of ether oxygens (including phenoxy) is 2. The van der Waals surface area contributed by atoms with Crippen molar-refractivity contribution >= 4 is 10.0 Å². The van der Waals surface area contributed by atoms with Crippen LogP contribution in [0.3, 0.4) is 0 Å². The lowest BCUT2D eigenvalue weighted by molar-refractivity contribution is -0.131. The van der Waals surface area contributed by atoms with Gasteiger partial charge in [0.05, 0.1) is 30.3 Å². The second-order valence-corrected chi connectivity index (χ2v) is 7.60. The molecular weight excluding hydrogens is 294 g/mol. The van der Waals surface area contributed by atoms with Crippen LogP contribution in [0.15, 0.2) is 29.2 Å². The van der Waals surface area contributed by atoms with Crippen molar-refractivity contribution in [2.75, 3.05) is 26.8 Å². The van der Waals surface area contributed by atoms with E-state index in [9.17, 15) is 13.5 Å². The molecule has 1 heterocycles. The van der Waals surface area contributed by atoms with Gasteiger partial charge in [-0.1, -0.05) is 6.07 Å². The SMILES string of the molecule is COc1cccc(S(=O)(=O)N2CC(CO)OC(C)(C)C2)c1. The third kappa shape index (κ3) is 3.55. The predicted molar refractivity (Wildman–Crippen MR) is 77.8 cm³/mol. The fourth-order valence-corrected chi connectivity index (χ4v) is 4.09. The zero-order chi connectivity index (χ0) is 15.7. The van der Waals surface area contributed by atoms with Crippen molar-refractivity contribution in [1.29, 1.82) is 0 Å². The van der Waals surface area contributed by atoms with Gasteiger partial charge >= 0.3 is 0 Å². The molecule has 1 unspecified atom stereocenters. The molecule has 0 aliphatic carbocycles. The monoisotopic (exact) mass is 315 g/mol. The summed E-state index contributed by atoms with van der Waals surface area (Å²) in [6, 6.07) is 6.36. The second-order valence-electron chi connectivity index (χ2n) is 5.66. The fraction of sp³-hybridized carbons (Fsp3) is 0.571. The summed E-state index contributed by atoms with van der Waals surface area (Å²) in [5.41, 5.74) is -0.641. The van der Waals surface area contributed by atoms with Crippen molar-refractivity contribution in [3.05, 3.63) is 24.3 Å². The van der Waals surface area contributed by atoms with Gasteiger partial charge in [0.2, 0.25) is 10.0 Å². The molecule has 7 heteroatoms. The number of hydrogen-bond acceptors (Lipinski definition) is 5. The Bertz CT molecular complexity index is 599. The molecule has 0 spiro atoms. The summed E-state index contributed by atoms with van der Waals surface area (Å²) in [6.45, 7) is 3.78. The number of aliphatic hydroxyl groups excluding tert-OH is 1. The van der Waals surface area contributed by atoms with Gasteiger partial charge in [0.25, 0.3) is 0 Å². The number of hydrogen-bond donors (Lipinski definition) is 1. The van der Waals surface area contributed by atoms with Gasteiger partial charge in [-0.25, -0.2) is 8.42 Å². The second kappa shape index (κ2) is 5.92. The van der Waals surface area contributed by atoms with E-state index in [1.807, 2.05) is 13.8 Å². The summed E-state index contributed by atoms with van der Waals surface area (Å²) in [4.78, 5) is 0.177. The summed E-state index contributed by atoms with van der Waals surface area (Å²) in [6.07, 6.45) is -0.519. The van der Waals surface area contributed by atoms with E-state index in [-0.39, 0.29) is 24.6 Å². The molecule has 0 aromatic heterocycles. The Morgan fingerprint density at radius 1 is 1.48 bits per heavy atom. The average Bonchev–Trinajstić information content (AvgIpc) is 2.45. The lowest BCUT2D eigenvalue weighted by Crippen LogP contribution is -2.55. The minimum absolute atomic E-state index is 0.138. The highest BCUT2D eigenvalue weighted by Gasteiger charge is 2.39. The zero-order valence-electron chi connectivity index (χ0n) is 12.4. The molecule has 0 amide bonds. The van der Waals surface area contributed by atoms with Crippen LogP contribution in [0, 0.1) is 0 Å². The molecule has 1 fully saturated rings. The first-order chi connectivity index (χ1) is 9.78. The van der Waals surface area contributed by atoms with E-state index in [0.29, 0.717) is 5.75 Å². The Morgan fingerprint density at radius 2 is 2.19 bits per heavy atom. The van der Waals surface area contributed by atoms with Crippen LogP contribution in [0.4, 0.5) is 0 Å². The zero-order valence-corrected chi connectivity index (χ0v) is 13.3. The van der Waals surface area contributed by atoms with Crippen molar-refractivity contribution < 1.29 is 23.0 Å². The molecule has 1 saturated heterocycles. The third-order valence-corrected chi connectivity index (χ3v) is 5.14. The topological polar surface area (TPSA) is 76.1 Å². The van der Waals surface area contributed by atoms with Gasteiger partial charge in [0.15, 0.2) is 0 Å². The van der Waals surface area contributed by atoms with Crippen LogP contribution >= 0.6 is 0 Å². The first-order valence-electron chi connectivity index (χ1n) is 6.71. The van der Waals surface area contributed by atoms with Gasteiger partial charge in [-0.15, -0.1) is 0 Å². The first-order valence-corrected chi connectivity index (χ1v) is 8.15. The van der Waals surface area contributed by atoms with Crippen LogP contribution in [-0.4, -0.2) is 56.3 Å². The standard InChI is InChI=1S/C14H21NO5S/c1-14(2)10-15(8-12(9-16)20-14)21(17,18)13-6-4-5-11(7-13)19-3/h4-7,12,16H,8-10H2,1-3H3. The van der Waals surface area contributed by atoms with E-state index in [1.54, 1.807) is 12.1 Å². The molecule has 21 heavy (non-hydrogen) atoms. The smallest absolute Gasteiger partial charge is 0.243 e. The largest absolute Gasteiger partial charge is 0.497 e. The maximum absolute atomic E-state index is 12.7. The summed E-state index contributed by atoms with van der Waals surface area (Å²) >= 11 is 0. The molecule has 1 N–H and O–H groups in total. The maximum Gasteiger partial charge on any atom is 0.243 e. The molecule has 0 saturated carbocycles. The first kappa shape index (κ1) is 16.2. The third-order valence-electron chi connectivity index (χ3n) is 3.33. The van der Waals surface area contributed by atoms with E-state index < -0.39 is 21.7 Å². The lowest BCUT2D eigenvalue weighted by Gasteiger charge is -2.41. The Balaban J connectivity index is 2.33. The highest BCUT2D eigenvalue weighted by Crippen LogP contribution is 2.27. The predicted octanol–water partition coefficient (Wildman–Crippen LogP) is 0.856. The molecule has 1 aliphatic rings. The molecule has 0 radical (unpaired) electrons. The van der Waals surface area contributed by atoms with Crippen LogP contribution in [0.25, 0.3) is 0 Å². The molecule has 0 bridgehead atoms. The lowest BCUT2D eigenvalue weighted by atomic mass is 10.1. The van der Waals surface area contributed by atoms with Crippen molar-refractivity contribution in [3.8, 4) is 5.75 Å². The van der Waals surface area contributed by atoms with Crippen LogP contribution in [0.1, 0.15) is 13.8 Å². The number of methoxy groups -OCH3 is 1. The maximum atomic E-state index is 12.7. The van der Waals surface area contributed by atoms with E-state index in [2.05, 4.69) is 0 Å². The Labute approximate surface area is 125 Å². The van der Waals surface area contributed by atoms with Crippen molar-refractivity contribution in [2.24, 2.45) is 0 Å². The molecule has 2 rings (SSSR count). The van der Waals surface area contributed by atoms with Crippen LogP contribution in [0.5, 0.6) is 5.75 Å². The Hall–Kier alpha value is -1.15. The fourth-order valence-electron chi connectivity index (χ4n) is 2.43. The normalized spacial score (nSPS) is 23.0. The van der Waals surface area contributed by atoms with Crippen LogP contribution < -0.4 is 4.74 Å². The van der Waals surface area contributed by atoms with E-state index in [4.69, 9.17) is 9.47 Å². The van der Waals surface area contributed by atoms with Gasteiger partial charge < -0.3 is 14.6 Å². The highest BCUT2D eigenvalue weighted by atomic mass is 32.2. The molecular formula is C14H21NO5S. The number of sulfonamides is 1. The highest BCUT2D eigenvalue weighted by molar-refractivity contribution is 7.89. The number of benzene rings is 1. The molecule has 1 atom stereocenters. The van der Waals surface area contributed by atoms with Crippen LogP contribution in [-0.2, 0) is 14.8 Å². The average molecular weight is 315 g/mol.